The van der Waals surface area contributed by atoms with Gasteiger partial charge in [0.15, 0.2) is 0 Å². The van der Waals surface area contributed by atoms with E-state index in [1.165, 1.54) is 0 Å². The molecule has 0 saturated heterocycles. The van der Waals surface area contributed by atoms with Gasteiger partial charge in [0.1, 0.15) is 5.82 Å². The summed E-state index contributed by atoms with van der Waals surface area (Å²) in [4.78, 5) is 29.3. The summed E-state index contributed by atoms with van der Waals surface area (Å²) in [5.74, 6) is 0.612. The number of anilines is 1. The predicted molar refractivity (Wildman–Crippen MR) is 91.2 cm³/mol. The van der Waals surface area contributed by atoms with Gasteiger partial charge in [0, 0.05) is 13.1 Å². The third-order valence-corrected chi connectivity index (χ3v) is 4.24. The number of aryl methyl sites for hydroxylation is 1. The van der Waals surface area contributed by atoms with Crippen LogP contribution in [0.4, 0.5) is 5.82 Å². The molecule has 0 aliphatic carbocycles. The van der Waals surface area contributed by atoms with Crippen molar-refractivity contribution < 1.29 is 0 Å². The lowest BCUT2D eigenvalue weighted by Gasteiger charge is -2.30. The number of nitrogens with zero attached hydrogens (tertiary/aromatic N) is 2. The molecule has 0 atom stereocenters. The van der Waals surface area contributed by atoms with E-state index in [0.29, 0.717) is 24.6 Å². The minimum atomic E-state index is -0.405. The Morgan fingerprint density at radius 3 is 2.74 bits per heavy atom. The lowest BCUT2D eigenvalue weighted by Crippen LogP contribution is -2.43. The topological polar surface area (TPSA) is 70.1 Å². The fourth-order valence-corrected chi connectivity index (χ4v) is 2.96. The average molecular weight is 314 g/mol. The highest BCUT2D eigenvalue weighted by atomic mass is 16.2. The summed E-state index contributed by atoms with van der Waals surface area (Å²) in [6.45, 7) is 6.24. The van der Waals surface area contributed by atoms with Crippen LogP contribution in [0.1, 0.15) is 30.9 Å². The van der Waals surface area contributed by atoms with Crippen molar-refractivity contribution in [2.75, 3.05) is 18.5 Å². The molecule has 1 aliphatic heterocycles. The van der Waals surface area contributed by atoms with Crippen molar-refractivity contribution >= 4 is 5.82 Å². The maximum Gasteiger partial charge on any atom is 0.334 e. The first-order valence-electron chi connectivity index (χ1n) is 8.02. The minimum Gasteiger partial charge on any atom is -0.358 e. The number of nitrogens with one attached hydrogen (secondary N) is 2. The Kier molecular flexibility index (Phi) is 4.34. The molecule has 122 valence electrons. The van der Waals surface area contributed by atoms with E-state index >= 15 is 0 Å². The molecule has 0 spiro atoms. The normalized spacial score (nSPS) is 14.3. The maximum atomic E-state index is 12.4. The quantitative estimate of drug-likeness (QED) is 0.903. The van der Waals surface area contributed by atoms with E-state index in [-0.39, 0.29) is 5.56 Å². The summed E-state index contributed by atoms with van der Waals surface area (Å²) in [7, 11) is 0. The van der Waals surface area contributed by atoms with Gasteiger partial charge in [-0.05, 0) is 25.0 Å². The van der Waals surface area contributed by atoms with Gasteiger partial charge in [0.2, 0.25) is 0 Å². The van der Waals surface area contributed by atoms with Crippen LogP contribution >= 0.6 is 0 Å². The van der Waals surface area contributed by atoms with E-state index < -0.39 is 5.69 Å². The number of unbranched alkanes of at least 4 members (excludes halogenated alkanes) is 1. The second kappa shape index (κ2) is 6.42. The molecule has 2 N–H and O–H groups in total. The average Bonchev–Trinajstić information content (AvgIpc) is 2.55. The van der Waals surface area contributed by atoms with Crippen LogP contribution < -0.4 is 16.6 Å². The molecule has 0 bridgehead atoms. The fourth-order valence-electron chi connectivity index (χ4n) is 2.96. The summed E-state index contributed by atoms with van der Waals surface area (Å²) < 4.78 is 1.57. The van der Waals surface area contributed by atoms with E-state index in [9.17, 15) is 9.59 Å². The Morgan fingerprint density at radius 2 is 2.00 bits per heavy atom. The third-order valence-electron chi connectivity index (χ3n) is 4.24. The molecule has 23 heavy (non-hydrogen) atoms. The van der Waals surface area contributed by atoms with Gasteiger partial charge >= 0.3 is 5.69 Å². The molecule has 3 rings (SSSR count). The lowest BCUT2D eigenvalue weighted by atomic mass is 10.1. The highest BCUT2D eigenvalue weighted by molar-refractivity contribution is 5.53. The van der Waals surface area contributed by atoms with Crippen LogP contribution in [-0.2, 0) is 6.54 Å². The molecule has 0 unspecified atom stereocenters. The molecule has 0 amide bonds. The molecule has 6 nitrogen and oxygen atoms in total. The molecular weight excluding hydrogens is 292 g/mol. The van der Waals surface area contributed by atoms with E-state index in [1.54, 1.807) is 4.57 Å². The van der Waals surface area contributed by atoms with Gasteiger partial charge in [-0.25, -0.2) is 9.36 Å². The number of aromatic nitrogens is 2. The van der Waals surface area contributed by atoms with Gasteiger partial charge in [-0.2, -0.15) is 0 Å². The molecule has 1 aromatic heterocycles. The molecule has 1 aromatic carbocycles. The Balaban J connectivity index is 2.09. The highest BCUT2D eigenvalue weighted by Gasteiger charge is 2.23. The molecule has 0 radical (unpaired) electrons. The number of aromatic amines is 1. The maximum absolute atomic E-state index is 12.4. The van der Waals surface area contributed by atoms with E-state index in [1.807, 2.05) is 31.2 Å². The monoisotopic (exact) mass is 314 g/mol. The van der Waals surface area contributed by atoms with Crippen molar-refractivity contribution in [2.45, 2.75) is 33.2 Å². The molecular formula is C17H22N4O2. The number of H-pyrrole nitrogens is 1. The van der Waals surface area contributed by atoms with Crippen LogP contribution in [0, 0.1) is 6.92 Å². The van der Waals surface area contributed by atoms with Crippen LogP contribution in [0.15, 0.2) is 33.9 Å². The second-order valence-electron chi connectivity index (χ2n) is 5.95. The molecule has 6 heteroatoms. The number of benzene rings is 1. The van der Waals surface area contributed by atoms with Crippen molar-refractivity contribution in [1.82, 2.24) is 14.5 Å². The zero-order valence-electron chi connectivity index (χ0n) is 13.6. The molecule has 0 saturated carbocycles. The molecule has 2 heterocycles. The van der Waals surface area contributed by atoms with Crippen molar-refractivity contribution in [3.63, 3.8) is 0 Å². The molecule has 0 fully saturated rings. The Bertz CT molecular complexity index is 822. The van der Waals surface area contributed by atoms with Crippen LogP contribution in [0.3, 0.4) is 0 Å². The predicted octanol–water partition coefficient (Wildman–Crippen LogP) is 1.82. The first-order chi connectivity index (χ1) is 11.1. The SMILES string of the molecule is CCCCN1CNc2c(c(=O)[nH]c(=O)n2-c2ccccc2C)C1. The minimum absolute atomic E-state index is 0.302. The van der Waals surface area contributed by atoms with Gasteiger partial charge in [0.05, 0.1) is 17.9 Å². The first kappa shape index (κ1) is 15.6. The van der Waals surface area contributed by atoms with E-state index in [2.05, 4.69) is 22.1 Å². The standard InChI is InChI=1S/C17H22N4O2/c1-3-4-9-20-10-13-15(18-11-20)21(17(23)19-16(13)22)14-8-6-5-7-12(14)2/h5-8,18H,3-4,9-11H2,1-2H3,(H,19,22,23). The zero-order chi connectivity index (χ0) is 16.4. The highest BCUT2D eigenvalue weighted by Crippen LogP contribution is 2.22. The van der Waals surface area contributed by atoms with Gasteiger partial charge in [-0.1, -0.05) is 31.5 Å². The first-order valence-corrected chi connectivity index (χ1v) is 8.02. The fraction of sp³-hybridized carbons (Fsp3) is 0.412. The number of para-hydroxylation sites is 1. The van der Waals surface area contributed by atoms with Crippen LogP contribution in [0.2, 0.25) is 0 Å². The summed E-state index contributed by atoms with van der Waals surface area (Å²) in [6, 6.07) is 7.67. The lowest BCUT2D eigenvalue weighted by molar-refractivity contribution is 0.268. The van der Waals surface area contributed by atoms with Crippen LogP contribution in [0.25, 0.3) is 5.69 Å². The molecule has 2 aromatic rings. The van der Waals surface area contributed by atoms with Gasteiger partial charge in [-0.3, -0.25) is 14.7 Å². The Morgan fingerprint density at radius 1 is 1.22 bits per heavy atom. The Labute approximate surface area is 134 Å². The van der Waals surface area contributed by atoms with Crippen molar-refractivity contribution in [2.24, 2.45) is 0 Å². The largest absolute Gasteiger partial charge is 0.358 e. The second-order valence-corrected chi connectivity index (χ2v) is 5.95. The van der Waals surface area contributed by atoms with Crippen molar-refractivity contribution in [3.05, 3.63) is 56.2 Å². The third kappa shape index (κ3) is 2.94. The summed E-state index contributed by atoms with van der Waals surface area (Å²) in [5, 5.41) is 3.27. The smallest absolute Gasteiger partial charge is 0.334 e. The number of hydrogen-bond donors (Lipinski definition) is 2. The Hall–Kier alpha value is -2.34. The number of hydrogen-bond acceptors (Lipinski definition) is 4. The van der Waals surface area contributed by atoms with E-state index in [4.69, 9.17) is 0 Å². The zero-order valence-corrected chi connectivity index (χ0v) is 13.6. The summed E-state index contributed by atoms with van der Waals surface area (Å²) in [6.07, 6.45) is 2.20. The van der Waals surface area contributed by atoms with Crippen LogP contribution in [-0.4, -0.2) is 27.7 Å². The van der Waals surface area contributed by atoms with Crippen molar-refractivity contribution in [3.8, 4) is 5.69 Å². The number of fused-ring (bicyclic) bond motifs is 1. The van der Waals surface area contributed by atoms with Gasteiger partial charge < -0.3 is 5.32 Å². The van der Waals surface area contributed by atoms with Gasteiger partial charge in [0.25, 0.3) is 5.56 Å². The van der Waals surface area contributed by atoms with Crippen molar-refractivity contribution in [1.29, 1.82) is 0 Å². The summed E-state index contributed by atoms with van der Waals surface area (Å²) >= 11 is 0. The number of rotatable bonds is 4. The molecule has 1 aliphatic rings. The van der Waals surface area contributed by atoms with E-state index in [0.717, 1.165) is 30.6 Å². The summed E-state index contributed by atoms with van der Waals surface area (Å²) in [5.41, 5.74) is 1.69. The van der Waals surface area contributed by atoms with Crippen LogP contribution in [0.5, 0.6) is 0 Å². The van der Waals surface area contributed by atoms with Gasteiger partial charge in [-0.15, -0.1) is 0 Å².